The third-order valence-electron chi connectivity index (χ3n) is 14.7. The molecule has 11 heteroatoms. The summed E-state index contributed by atoms with van der Waals surface area (Å²) in [5.41, 5.74) is -3.44. The average Bonchev–Trinajstić information content (AvgIpc) is 3.94. The highest BCUT2D eigenvalue weighted by atomic mass is 16.5. The smallest absolute Gasteiger partial charge is 0.345 e. The number of rotatable bonds is 11. The minimum atomic E-state index is -1.28. The van der Waals surface area contributed by atoms with E-state index in [1.165, 1.54) is 0 Å². The van der Waals surface area contributed by atoms with Crippen LogP contribution >= 0.6 is 0 Å². The maximum atomic E-state index is 13.8. The van der Waals surface area contributed by atoms with Crippen LogP contribution in [0.25, 0.3) is 11.3 Å². The van der Waals surface area contributed by atoms with Crippen LogP contribution in [0.1, 0.15) is 109 Å². The predicted octanol–water partition coefficient (Wildman–Crippen LogP) is 6.41. The topological polar surface area (TPSA) is 173 Å². The van der Waals surface area contributed by atoms with Crippen LogP contribution < -0.4 is 10.4 Å². The van der Waals surface area contributed by atoms with Gasteiger partial charge in [-0.3, -0.25) is 19.4 Å². The number of aliphatic hydroxyl groups is 1. The molecule has 8 rings (SSSR count). The molecule has 6 aliphatic rings. The number of carbonyl (C=O) groups excluding carboxylic acids is 1. The molecule has 0 aromatic carbocycles. The second-order valence-corrected chi connectivity index (χ2v) is 17.7. The lowest BCUT2D eigenvalue weighted by atomic mass is 9.38. The number of carbonyl (C=O) groups is 3. The van der Waals surface area contributed by atoms with Gasteiger partial charge in [0.05, 0.1) is 25.6 Å². The molecule has 0 saturated heterocycles. The van der Waals surface area contributed by atoms with E-state index in [2.05, 4.69) is 18.8 Å². The molecular weight excluding hydrogens is 654 g/mol. The Labute approximate surface area is 297 Å². The number of aliphatic carboxylic acids is 2. The number of carboxylic acid groups (broad SMARTS) is 2. The summed E-state index contributed by atoms with van der Waals surface area (Å²) in [5.74, 6) is -2.34. The van der Waals surface area contributed by atoms with E-state index in [9.17, 15) is 34.5 Å². The molecule has 5 aliphatic carbocycles. The Bertz CT molecular complexity index is 1810. The number of aromatic nitrogens is 1. The maximum Gasteiger partial charge on any atom is 0.345 e. The summed E-state index contributed by atoms with van der Waals surface area (Å²) in [6.07, 6.45) is 9.15. The summed E-state index contributed by atoms with van der Waals surface area (Å²) in [4.78, 5) is 55.8. The first-order valence-electron chi connectivity index (χ1n) is 18.7. The average molecular weight is 704 g/mol. The lowest BCUT2D eigenvalue weighted by Crippen LogP contribution is -2.70. The van der Waals surface area contributed by atoms with Crippen molar-refractivity contribution in [2.75, 3.05) is 6.61 Å². The van der Waals surface area contributed by atoms with Gasteiger partial charge in [-0.25, -0.2) is 4.79 Å². The third-order valence-corrected chi connectivity index (χ3v) is 14.7. The number of ether oxygens (including phenoxy) is 2. The van der Waals surface area contributed by atoms with Crippen molar-refractivity contribution in [3.05, 3.63) is 46.6 Å². The van der Waals surface area contributed by atoms with E-state index in [4.69, 9.17) is 13.9 Å². The first kappa shape index (κ1) is 34.4. The fourth-order valence-electron chi connectivity index (χ4n) is 12.0. The zero-order valence-corrected chi connectivity index (χ0v) is 29.7. The van der Waals surface area contributed by atoms with Crippen molar-refractivity contribution in [3.63, 3.8) is 0 Å². The van der Waals surface area contributed by atoms with Gasteiger partial charge in [0.1, 0.15) is 22.7 Å². The van der Waals surface area contributed by atoms with E-state index in [-0.39, 0.29) is 60.2 Å². The number of pyridine rings is 1. The summed E-state index contributed by atoms with van der Waals surface area (Å²) in [6.45, 7) is 6.40. The van der Waals surface area contributed by atoms with Crippen LogP contribution in [0, 0.1) is 51.2 Å². The molecule has 5 fully saturated rings. The Balaban J connectivity index is 1.26. The summed E-state index contributed by atoms with van der Waals surface area (Å²) in [7, 11) is 0. The first-order chi connectivity index (χ1) is 24.1. The Hall–Kier alpha value is -3.73. The molecule has 3 N–H and O–H groups in total. The van der Waals surface area contributed by atoms with Gasteiger partial charge in [-0.2, -0.15) is 0 Å². The van der Waals surface area contributed by atoms with Crippen LogP contribution in [0.5, 0.6) is 5.75 Å². The minimum Gasteiger partial charge on any atom is -0.486 e. The van der Waals surface area contributed by atoms with E-state index < -0.39 is 56.8 Å². The lowest BCUT2D eigenvalue weighted by molar-refractivity contribution is -0.260. The number of esters is 1. The summed E-state index contributed by atoms with van der Waals surface area (Å²) < 4.78 is 19.0. The summed E-state index contributed by atoms with van der Waals surface area (Å²) in [6, 6.07) is 5.15. The van der Waals surface area contributed by atoms with Crippen molar-refractivity contribution in [1.29, 1.82) is 0 Å². The Kier molecular flexibility index (Phi) is 7.84. The summed E-state index contributed by atoms with van der Waals surface area (Å²) in [5, 5.41) is 32.8. The molecule has 11 nitrogen and oxygen atoms in total. The molecule has 274 valence electrons. The van der Waals surface area contributed by atoms with Crippen molar-refractivity contribution < 1.29 is 43.6 Å². The molecule has 5 saturated carbocycles. The molecule has 0 radical (unpaired) electrons. The highest BCUT2D eigenvalue weighted by Gasteiger charge is 2.75. The number of carboxylic acids is 2. The van der Waals surface area contributed by atoms with Crippen LogP contribution in [0.4, 0.5) is 0 Å². The van der Waals surface area contributed by atoms with E-state index >= 15 is 0 Å². The standard InChI is InChI=1S/C40H49NO10/c1-36-9-8-26(39(10-11-39)18-29(42)43)37(2,21-49-31(46)15-22-6-7-22)27(36)17-28(40(12-13-40)19-30(44)45)38(3)34(36)33(47)32-25(51-38)16-24(50-35(32)48)23-5-4-14-41-20-23/h4-5,14,16,20,22,26-28,33-34,47H,6-13,15,17-19,21H2,1-3H3,(H,42,43)(H,44,45)/t26-,27-,28-,33+,34-,36+,37-,38+/m1/s1. The van der Waals surface area contributed by atoms with E-state index in [0.717, 1.165) is 25.7 Å². The molecule has 1 aliphatic heterocycles. The Morgan fingerprint density at radius 1 is 0.941 bits per heavy atom. The third kappa shape index (κ3) is 5.51. The molecule has 51 heavy (non-hydrogen) atoms. The number of nitrogens with zero attached hydrogens (tertiary/aromatic N) is 1. The normalized spacial score (nSPS) is 36.7. The van der Waals surface area contributed by atoms with Crippen molar-refractivity contribution in [2.45, 2.75) is 110 Å². The van der Waals surface area contributed by atoms with Crippen molar-refractivity contribution in [2.24, 2.45) is 51.2 Å². The fourth-order valence-corrected chi connectivity index (χ4v) is 12.0. The SMILES string of the molecule is C[C@]12CC[C@@H](C3(CC(=O)O)CC3)[C@@](C)(COC(=O)CC3CC3)[C@@H]1C[C@@H](C1(CC(=O)O)CC1)[C@]1(C)Oc3cc(-c4cccnc4)oc(=O)c3[C@H](O)[C@H]21. The highest BCUT2D eigenvalue weighted by Crippen LogP contribution is 2.77. The highest BCUT2D eigenvalue weighted by molar-refractivity contribution is 5.70. The number of aliphatic hydroxyl groups excluding tert-OH is 1. The Morgan fingerprint density at radius 2 is 1.61 bits per heavy atom. The van der Waals surface area contributed by atoms with Gasteiger partial charge >= 0.3 is 23.5 Å². The lowest BCUT2D eigenvalue weighted by Gasteiger charge is -2.69. The quantitative estimate of drug-likeness (QED) is 0.221. The number of fused-ring (bicyclic) bond motifs is 4. The van der Waals surface area contributed by atoms with E-state index in [1.54, 1.807) is 30.6 Å². The molecule has 8 atom stereocenters. The van der Waals surface area contributed by atoms with E-state index in [0.29, 0.717) is 50.0 Å². The minimum absolute atomic E-state index is 0.0413. The molecule has 3 heterocycles. The van der Waals surface area contributed by atoms with Gasteiger partial charge in [-0.15, -0.1) is 0 Å². The molecule has 0 unspecified atom stereocenters. The predicted molar refractivity (Wildman–Crippen MR) is 182 cm³/mol. The zero-order chi connectivity index (χ0) is 36.1. The van der Waals surface area contributed by atoms with Crippen LogP contribution in [0.15, 0.2) is 39.8 Å². The van der Waals surface area contributed by atoms with E-state index in [1.807, 2.05) is 6.92 Å². The molecule has 0 bridgehead atoms. The van der Waals surface area contributed by atoms with Gasteiger partial charge < -0.3 is 29.2 Å². The van der Waals surface area contributed by atoms with Crippen LogP contribution in [-0.2, 0) is 19.1 Å². The zero-order valence-electron chi connectivity index (χ0n) is 29.7. The molecule has 2 aromatic rings. The number of hydrogen-bond acceptors (Lipinski definition) is 9. The van der Waals surface area contributed by atoms with Gasteiger partial charge in [0.2, 0.25) is 0 Å². The van der Waals surface area contributed by atoms with Crippen molar-refractivity contribution in [1.82, 2.24) is 4.98 Å². The largest absolute Gasteiger partial charge is 0.486 e. The van der Waals surface area contributed by atoms with Crippen LogP contribution in [-0.4, -0.2) is 50.4 Å². The molecular formula is C40H49NO10. The Morgan fingerprint density at radius 3 is 2.20 bits per heavy atom. The van der Waals surface area contributed by atoms with Crippen molar-refractivity contribution >= 4 is 17.9 Å². The monoisotopic (exact) mass is 703 g/mol. The molecule has 2 aromatic heterocycles. The van der Waals surface area contributed by atoms with Gasteiger partial charge in [0, 0.05) is 47.7 Å². The second kappa shape index (κ2) is 11.6. The van der Waals surface area contributed by atoms with Gasteiger partial charge in [-0.05, 0) is 111 Å². The number of hydrogen-bond donors (Lipinski definition) is 3. The maximum absolute atomic E-state index is 13.8. The van der Waals surface area contributed by atoms with Crippen molar-refractivity contribution in [3.8, 4) is 17.1 Å². The fraction of sp³-hybridized carbons (Fsp3) is 0.675. The van der Waals surface area contributed by atoms with Crippen LogP contribution in [0.2, 0.25) is 0 Å². The summed E-state index contributed by atoms with van der Waals surface area (Å²) >= 11 is 0. The first-order valence-corrected chi connectivity index (χ1v) is 18.7. The van der Waals surface area contributed by atoms with Crippen LogP contribution in [0.3, 0.4) is 0 Å². The second-order valence-electron chi connectivity index (χ2n) is 17.7. The molecule has 0 amide bonds. The van der Waals surface area contributed by atoms with Gasteiger partial charge in [0.15, 0.2) is 0 Å². The molecule has 0 spiro atoms. The van der Waals surface area contributed by atoms with Gasteiger partial charge in [-0.1, -0.05) is 13.8 Å². The van der Waals surface area contributed by atoms with Gasteiger partial charge in [0.25, 0.3) is 0 Å².